The van der Waals surface area contributed by atoms with E-state index in [1.807, 2.05) is 5.38 Å². The first-order valence-corrected chi connectivity index (χ1v) is 8.63. The highest BCUT2D eigenvalue weighted by molar-refractivity contribution is 7.89. The van der Waals surface area contributed by atoms with E-state index in [1.165, 1.54) is 23.5 Å². The van der Waals surface area contributed by atoms with Crippen molar-refractivity contribution < 1.29 is 8.42 Å². The number of rotatable bonds is 5. The summed E-state index contributed by atoms with van der Waals surface area (Å²) in [7, 11) is -3.59. The van der Waals surface area contributed by atoms with Crippen molar-refractivity contribution in [2.24, 2.45) is 0 Å². The second-order valence-corrected chi connectivity index (χ2v) is 7.13. The number of thiazole rings is 1. The van der Waals surface area contributed by atoms with E-state index in [0.29, 0.717) is 17.0 Å². The summed E-state index contributed by atoms with van der Waals surface area (Å²) in [5.74, 6) is 0. The van der Waals surface area contributed by atoms with Crippen LogP contribution < -0.4 is 10.5 Å². The number of halogens is 1. The van der Waals surface area contributed by atoms with Gasteiger partial charge in [-0.05, 0) is 24.6 Å². The lowest BCUT2D eigenvalue weighted by molar-refractivity contribution is 0.581. The number of hydrogen-bond acceptors (Lipinski definition) is 5. The van der Waals surface area contributed by atoms with Gasteiger partial charge in [0, 0.05) is 18.3 Å². The van der Waals surface area contributed by atoms with Crippen LogP contribution in [-0.4, -0.2) is 19.9 Å². The molecule has 0 spiro atoms. The first-order valence-electron chi connectivity index (χ1n) is 5.82. The maximum Gasteiger partial charge on any atom is 0.240 e. The van der Waals surface area contributed by atoms with Gasteiger partial charge in [-0.3, -0.25) is 0 Å². The monoisotopic (exact) mass is 331 g/mol. The van der Waals surface area contributed by atoms with Gasteiger partial charge >= 0.3 is 0 Å². The van der Waals surface area contributed by atoms with Gasteiger partial charge in [-0.15, -0.1) is 11.3 Å². The summed E-state index contributed by atoms with van der Waals surface area (Å²) in [6, 6.07) is 2.87. The van der Waals surface area contributed by atoms with E-state index in [0.717, 1.165) is 5.69 Å². The van der Waals surface area contributed by atoms with Gasteiger partial charge in [-0.1, -0.05) is 11.6 Å². The quantitative estimate of drug-likeness (QED) is 0.822. The molecule has 0 saturated heterocycles. The number of nitrogens with one attached hydrogen (secondary N) is 1. The lowest BCUT2D eigenvalue weighted by Gasteiger charge is -2.09. The molecule has 0 radical (unpaired) electrons. The summed E-state index contributed by atoms with van der Waals surface area (Å²) in [4.78, 5) is 4.22. The summed E-state index contributed by atoms with van der Waals surface area (Å²) in [6.07, 6.45) is 0.546. The predicted molar refractivity (Wildman–Crippen MR) is 81.6 cm³/mol. The molecular formula is C12H14ClN3O2S2. The van der Waals surface area contributed by atoms with E-state index in [4.69, 9.17) is 17.3 Å². The molecule has 1 aromatic heterocycles. The molecule has 8 heteroatoms. The second-order valence-electron chi connectivity index (χ2n) is 4.27. The number of aromatic nitrogens is 1. The zero-order valence-electron chi connectivity index (χ0n) is 10.8. The van der Waals surface area contributed by atoms with Crippen molar-refractivity contribution in [3.63, 3.8) is 0 Å². The minimum absolute atomic E-state index is 0.121. The Bertz CT molecular complexity index is 676. The average Bonchev–Trinajstić information content (AvgIpc) is 2.88. The van der Waals surface area contributed by atoms with Gasteiger partial charge in [-0.2, -0.15) is 0 Å². The maximum atomic E-state index is 12.1. The Morgan fingerprint density at radius 2 is 2.20 bits per heavy atom. The number of hydrogen-bond donors (Lipinski definition) is 2. The van der Waals surface area contributed by atoms with E-state index in [-0.39, 0.29) is 17.1 Å². The third kappa shape index (κ3) is 3.49. The molecule has 5 nitrogen and oxygen atoms in total. The van der Waals surface area contributed by atoms with Crippen molar-refractivity contribution in [3.05, 3.63) is 39.3 Å². The zero-order valence-corrected chi connectivity index (χ0v) is 13.1. The fraction of sp³-hybridized carbons (Fsp3) is 0.250. The van der Waals surface area contributed by atoms with Gasteiger partial charge in [0.25, 0.3) is 0 Å². The van der Waals surface area contributed by atoms with Gasteiger partial charge < -0.3 is 5.73 Å². The largest absolute Gasteiger partial charge is 0.397 e. The number of nitrogen functional groups attached to an aromatic ring is 1. The number of nitrogens with zero attached hydrogens (tertiary/aromatic N) is 1. The van der Waals surface area contributed by atoms with Gasteiger partial charge in [0.15, 0.2) is 0 Å². The fourth-order valence-electron chi connectivity index (χ4n) is 1.68. The van der Waals surface area contributed by atoms with Gasteiger partial charge in [-0.25, -0.2) is 18.1 Å². The van der Waals surface area contributed by atoms with E-state index in [9.17, 15) is 8.42 Å². The minimum Gasteiger partial charge on any atom is -0.397 e. The van der Waals surface area contributed by atoms with Crippen molar-refractivity contribution in [3.8, 4) is 0 Å². The van der Waals surface area contributed by atoms with Crippen molar-refractivity contribution in [2.45, 2.75) is 18.2 Å². The topological polar surface area (TPSA) is 85.1 Å². The van der Waals surface area contributed by atoms with Crippen molar-refractivity contribution >= 4 is 38.6 Å². The third-order valence-electron chi connectivity index (χ3n) is 2.72. The molecule has 0 fully saturated rings. The highest BCUT2D eigenvalue weighted by atomic mass is 35.5. The number of sulfonamides is 1. The molecule has 2 rings (SSSR count). The number of aryl methyl sites for hydroxylation is 1. The molecule has 0 bridgehead atoms. The van der Waals surface area contributed by atoms with E-state index < -0.39 is 10.0 Å². The van der Waals surface area contributed by atoms with Crippen LogP contribution >= 0.6 is 22.9 Å². The van der Waals surface area contributed by atoms with Crippen molar-refractivity contribution in [2.75, 3.05) is 12.3 Å². The molecule has 0 saturated carbocycles. The highest BCUT2D eigenvalue weighted by Crippen LogP contribution is 2.26. The molecule has 0 unspecified atom stereocenters. The predicted octanol–water partition coefficient (Wildman–Crippen LogP) is 2.21. The van der Waals surface area contributed by atoms with Crippen LogP contribution in [0, 0.1) is 6.92 Å². The zero-order chi connectivity index (χ0) is 14.8. The molecule has 3 N–H and O–H groups in total. The smallest absolute Gasteiger partial charge is 0.240 e. The van der Waals surface area contributed by atoms with Crippen LogP contribution in [0.3, 0.4) is 0 Å². The Labute approximate surface area is 126 Å². The van der Waals surface area contributed by atoms with Crippen LogP contribution in [0.1, 0.15) is 11.3 Å². The van der Waals surface area contributed by atoms with E-state index in [2.05, 4.69) is 9.71 Å². The summed E-state index contributed by atoms with van der Waals surface area (Å²) in [6.45, 7) is 2.00. The average molecular weight is 332 g/mol. The fourth-order valence-corrected chi connectivity index (χ4v) is 3.53. The molecule has 2 aromatic rings. The van der Waals surface area contributed by atoms with Crippen LogP contribution in [-0.2, 0) is 16.4 Å². The Kier molecular flexibility index (Phi) is 4.64. The molecule has 0 aliphatic heterocycles. The third-order valence-corrected chi connectivity index (χ3v) is 5.32. The Morgan fingerprint density at radius 1 is 1.45 bits per heavy atom. The molecular weight excluding hydrogens is 318 g/mol. The molecule has 20 heavy (non-hydrogen) atoms. The molecule has 1 aromatic carbocycles. The maximum absolute atomic E-state index is 12.1. The molecule has 0 aliphatic carbocycles. The normalized spacial score (nSPS) is 11.7. The Hall–Kier alpha value is -1.15. The number of nitrogens with two attached hydrogens (primary N) is 1. The number of benzene rings is 1. The summed E-state index contributed by atoms with van der Waals surface area (Å²) >= 11 is 7.40. The molecule has 0 atom stereocenters. The van der Waals surface area contributed by atoms with Gasteiger partial charge in [0.05, 0.1) is 26.8 Å². The molecule has 1 heterocycles. The van der Waals surface area contributed by atoms with Crippen molar-refractivity contribution in [1.29, 1.82) is 0 Å². The molecule has 0 amide bonds. The summed E-state index contributed by atoms with van der Waals surface area (Å²) < 4.78 is 26.8. The molecule has 0 aliphatic rings. The van der Waals surface area contributed by atoms with E-state index >= 15 is 0 Å². The van der Waals surface area contributed by atoms with Gasteiger partial charge in [0.2, 0.25) is 10.0 Å². The van der Waals surface area contributed by atoms with E-state index in [1.54, 1.807) is 12.4 Å². The molecule has 108 valence electrons. The minimum atomic E-state index is -3.59. The SMILES string of the molecule is Cc1cc(S(=O)(=O)NCCc2cscn2)cc(N)c1Cl. The highest BCUT2D eigenvalue weighted by Gasteiger charge is 2.16. The standard InChI is InChI=1S/C12H14ClN3O2S2/c1-8-4-10(5-11(14)12(8)13)20(17,18)16-3-2-9-6-19-7-15-9/h4-7,16H,2-3,14H2,1H3. The lowest BCUT2D eigenvalue weighted by Crippen LogP contribution is -2.26. The van der Waals surface area contributed by atoms with Crippen LogP contribution in [0.5, 0.6) is 0 Å². The lowest BCUT2D eigenvalue weighted by atomic mass is 10.2. The van der Waals surface area contributed by atoms with Crippen LogP contribution in [0.4, 0.5) is 5.69 Å². The first kappa shape index (κ1) is 15.2. The number of anilines is 1. The van der Waals surface area contributed by atoms with Crippen molar-refractivity contribution in [1.82, 2.24) is 9.71 Å². The Morgan fingerprint density at radius 3 is 2.80 bits per heavy atom. The first-order chi connectivity index (χ1) is 9.40. The van der Waals surface area contributed by atoms with Crippen LogP contribution in [0.2, 0.25) is 5.02 Å². The Balaban J connectivity index is 2.10. The summed E-state index contributed by atoms with van der Waals surface area (Å²) in [5.41, 5.74) is 9.16. The van der Waals surface area contributed by atoms with Crippen LogP contribution in [0.15, 0.2) is 27.9 Å². The van der Waals surface area contributed by atoms with Crippen LogP contribution in [0.25, 0.3) is 0 Å². The summed E-state index contributed by atoms with van der Waals surface area (Å²) in [5, 5.41) is 2.27. The van der Waals surface area contributed by atoms with Gasteiger partial charge in [0.1, 0.15) is 0 Å². The second kappa shape index (κ2) is 6.09.